The molecular weight excluding hydrogens is 190 g/mol. The predicted molar refractivity (Wildman–Crippen MR) is 58.9 cm³/mol. The highest BCUT2D eigenvalue weighted by atomic mass is 16.7. The van der Waals surface area contributed by atoms with Crippen LogP contribution < -0.4 is 0 Å². The van der Waals surface area contributed by atoms with E-state index in [9.17, 15) is 4.79 Å². The summed E-state index contributed by atoms with van der Waals surface area (Å²) in [5.41, 5.74) is 1.13. The average molecular weight is 207 g/mol. The van der Waals surface area contributed by atoms with E-state index >= 15 is 0 Å². The van der Waals surface area contributed by atoms with Gasteiger partial charge in [-0.3, -0.25) is 4.79 Å². The number of hydrogen-bond acceptors (Lipinski definition) is 3. The minimum Gasteiger partial charge on any atom is -0.368 e. The summed E-state index contributed by atoms with van der Waals surface area (Å²) in [5, 5.41) is 1.56. The minimum atomic E-state index is -0.170. The Hall–Kier alpha value is -1.35. The standard InChI is InChI=1S/C12H17NO2/c1-3-7-12(14)15-13(2)10-11-8-5-4-6-9-11/h4-6,8-9H,3,7,10H2,1-2H3. The van der Waals surface area contributed by atoms with Crippen LogP contribution in [0.25, 0.3) is 0 Å². The molecule has 0 radical (unpaired) electrons. The summed E-state index contributed by atoms with van der Waals surface area (Å²) >= 11 is 0. The first-order chi connectivity index (χ1) is 7.22. The number of rotatable bonds is 5. The number of hydrogen-bond donors (Lipinski definition) is 0. The van der Waals surface area contributed by atoms with Gasteiger partial charge in [0.2, 0.25) is 0 Å². The molecule has 1 rings (SSSR count). The third kappa shape index (κ3) is 4.61. The second-order valence-electron chi connectivity index (χ2n) is 3.48. The van der Waals surface area contributed by atoms with Crippen molar-refractivity contribution in [2.24, 2.45) is 0 Å². The molecule has 0 fully saturated rings. The van der Waals surface area contributed by atoms with Crippen molar-refractivity contribution < 1.29 is 9.63 Å². The van der Waals surface area contributed by atoms with Crippen LogP contribution >= 0.6 is 0 Å². The largest absolute Gasteiger partial charge is 0.368 e. The zero-order valence-electron chi connectivity index (χ0n) is 9.27. The molecule has 0 aliphatic carbocycles. The molecule has 82 valence electrons. The Kier molecular flexibility index (Phi) is 4.84. The molecule has 0 bridgehead atoms. The van der Waals surface area contributed by atoms with E-state index in [0.29, 0.717) is 13.0 Å². The summed E-state index contributed by atoms with van der Waals surface area (Å²) in [7, 11) is 1.76. The Morgan fingerprint density at radius 1 is 1.33 bits per heavy atom. The first-order valence-corrected chi connectivity index (χ1v) is 5.18. The molecular formula is C12H17NO2. The molecule has 1 aromatic rings. The van der Waals surface area contributed by atoms with Crippen LogP contribution in [0.5, 0.6) is 0 Å². The molecule has 3 heteroatoms. The normalized spacial score (nSPS) is 10.3. The van der Waals surface area contributed by atoms with E-state index < -0.39 is 0 Å². The lowest BCUT2D eigenvalue weighted by Gasteiger charge is -2.15. The van der Waals surface area contributed by atoms with Crippen LogP contribution in [0.4, 0.5) is 0 Å². The van der Waals surface area contributed by atoms with Gasteiger partial charge in [0, 0.05) is 13.5 Å². The summed E-state index contributed by atoms with van der Waals surface area (Å²) < 4.78 is 0. The number of benzene rings is 1. The van der Waals surface area contributed by atoms with Crippen molar-refractivity contribution in [3.8, 4) is 0 Å². The SMILES string of the molecule is CCCC(=O)ON(C)Cc1ccccc1. The zero-order valence-corrected chi connectivity index (χ0v) is 9.27. The van der Waals surface area contributed by atoms with Crippen LogP contribution in [0.1, 0.15) is 25.3 Å². The van der Waals surface area contributed by atoms with E-state index in [1.807, 2.05) is 37.3 Å². The molecule has 3 nitrogen and oxygen atoms in total. The maximum absolute atomic E-state index is 11.2. The van der Waals surface area contributed by atoms with E-state index in [0.717, 1.165) is 12.0 Å². The summed E-state index contributed by atoms with van der Waals surface area (Å²) in [6, 6.07) is 9.91. The van der Waals surface area contributed by atoms with Gasteiger partial charge >= 0.3 is 5.97 Å². The molecule has 15 heavy (non-hydrogen) atoms. The fourth-order valence-electron chi connectivity index (χ4n) is 1.30. The predicted octanol–water partition coefficient (Wildman–Crippen LogP) is 2.38. The van der Waals surface area contributed by atoms with E-state index in [4.69, 9.17) is 4.84 Å². The van der Waals surface area contributed by atoms with Gasteiger partial charge in [-0.15, -0.1) is 5.06 Å². The molecule has 1 aromatic carbocycles. The number of hydroxylamine groups is 2. The second-order valence-corrected chi connectivity index (χ2v) is 3.48. The van der Waals surface area contributed by atoms with Crippen LogP contribution in [0.3, 0.4) is 0 Å². The molecule has 0 spiro atoms. The van der Waals surface area contributed by atoms with E-state index in [2.05, 4.69) is 0 Å². The van der Waals surface area contributed by atoms with Gasteiger partial charge in [-0.1, -0.05) is 37.3 Å². The summed E-state index contributed by atoms with van der Waals surface area (Å²) in [6.07, 6.45) is 1.29. The molecule has 0 saturated heterocycles. The molecule has 0 heterocycles. The smallest absolute Gasteiger partial charge is 0.325 e. The van der Waals surface area contributed by atoms with Crippen LogP contribution in [0.15, 0.2) is 30.3 Å². The third-order valence-electron chi connectivity index (χ3n) is 1.96. The minimum absolute atomic E-state index is 0.170. The monoisotopic (exact) mass is 207 g/mol. The molecule has 0 atom stereocenters. The van der Waals surface area contributed by atoms with Crippen LogP contribution in [-0.4, -0.2) is 18.1 Å². The Bertz CT molecular complexity index is 298. The first kappa shape index (κ1) is 11.7. The van der Waals surface area contributed by atoms with Crippen molar-refractivity contribution in [1.29, 1.82) is 0 Å². The van der Waals surface area contributed by atoms with Crippen molar-refractivity contribution in [2.45, 2.75) is 26.3 Å². The van der Waals surface area contributed by atoms with Gasteiger partial charge < -0.3 is 4.84 Å². The third-order valence-corrected chi connectivity index (χ3v) is 1.96. The van der Waals surface area contributed by atoms with Crippen LogP contribution in [-0.2, 0) is 16.2 Å². The molecule has 0 N–H and O–H groups in total. The van der Waals surface area contributed by atoms with Crippen LogP contribution in [0, 0.1) is 0 Å². The van der Waals surface area contributed by atoms with Crippen molar-refractivity contribution >= 4 is 5.97 Å². The lowest BCUT2D eigenvalue weighted by Crippen LogP contribution is -2.22. The van der Waals surface area contributed by atoms with E-state index in [1.54, 1.807) is 12.1 Å². The lowest BCUT2D eigenvalue weighted by molar-refractivity contribution is -0.186. The fraction of sp³-hybridized carbons (Fsp3) is 0.417. The summed E-state index contributed by atoms with van der Waals surface area (Å²) in [6.45, 7) is 2.58. The van der Waals surface area contributed by atoms with Gasteiger partial charge in [0.25, 0.3) is 0 Å². The quantitative estimate of drug-likeness (QED) is 0.694. The molecule has 0 amide bonds. The van der Waals surface area contributed by atoms with Gasteiger partial charge in [0.05, 0.1) is 6.54 Å². The first-order valence-electron chi connectivity index (χ1n) is 5.18. The molecule has 0 aromatic heterocycles. The molecule has 0 aliphatic heterocycles. The topological polar surface area (TPSA) is 29.5 Å². The van der Waals surface area contributed by atoms with Crippen molar-refractivity contribution in [2.75, 3.05) is 7.05 Å². The Morgan fingerprint density at radius 2 is 2.00 bits per heavy atom. The lowest BCUT2D eigenvalue weighted by atomic mass is 10.2. The summed E-state index contributed by atoms with van der Waals surface area (Å²) in [5.74, 6) is -0.170. The number of carbonyl (C=O) groups excluding carboxylic acids is 1. The van der Waals surface area contributed by atoms with Crippen molar-refractivity contribution in [3.05, 3.63) is 35.9 Å². The number of carbonyl (C=O) groups is 1. The number of nitrogens with zero attached hydrogens (tertiary/aromatic N) is 1. The van der Waals surface area contributed by atoms with Crippen molar-refractivity contribution in [3.63, 3.8) is 0 Å². The van der Waals surface area contributed by atoms with Crippen molar-refractivity contribution in [1.82, 2.24) is 5.06 Å². The molecule has 0 unspecified atom stereocenters. The Morgan fingerprint density at radius 3 is 2.60 bits per heavy atom. The van der Waals surface area contributed by atoms with Gasteiger partial charge in [0.1, 0.15) is 0 Å². The molecule has 0 saturated carbocycles. The highest BCUT2D eigenvalue weighted by molar-refractivity contribution is 5.68. The average Bonchev–Trinajstić information content (AvgIpc) is 2.19. The van der Waals surface area contributed by atoms with Crippen LogP contribution in [0.2, 0.25) is 0 Å². The van der Waals surface area contributed by atoms with Gasteiger partial charge in [-0.25, -0.2) is 0 Å². The summed E-state index contributed by atoms with van der Waals surface area (Å²) in [4.78, 5) is 16.3. The highest BCUT2D eigenvalue weighted by Gasteiger charge is 2.06. The molecule has 0 aliphatic rings. The Balaban J connectivity index is 2.36. The van der Waals surface area contributed by atoms with E-state index in [-0.39, 0.29) is 5.97 Å². The van der Waals surface area contributed by atoms with E-state index in [1.165, 1.54) is 0 Å². The fourth-order valence-corrected chi connectivity index (χ4v) is 1.30. The van der Waals surface area contributed by atoms with Gasteiger partial charge in [-0.2, -0.15) is 0 Å². The van der Waals surface area contributed by atoms with Gasteiger partial charge in [-0.05, 0) is 12.0 Å². The van der Waals surface area contributed by atoms with Gasteiger partial charge in [0.15, 0.2) is 0 Å². The maximum Gasteiger partial charge on any atom is 0.325 e. The Labute approximate surface area is 90.6 Å². The highest BCUT2D eigenvalue weighted by Crippen LogP contribution is 2.03. The second kappa shape index (κ2) is 6.19. The maximum atomic E-state index is 11.2. The zero-order chi connectivity index (χ0) is 11.1.